The lowest BCUT2D eigenvalue weighted by atomic mass is 9.94. The molecule has 1 saturated carbocycles. The number of rotatable bonds is 5. The molecule has 2 aromatic carbocycles. The predicted octanol–water partition coefficient (Wildman–Crippen LogP) is 5.80. The molecule has 0 bridgehead atoms. The number of benzene rings is 2. The van der Waals surface area contributed by atoms with Gasteiger partial charge in [-0.05, 0) is 66.5 Å². The molecule has 0 atom stereocenters. The van der Waals surface area contributed by atoms with Crippen LogP contribution in [-0.4, -0.2) is 23.3 Å². The number of nitrogens with zero attached hydrogens (tertiary/aromatic N) is 1. The molecule has 4 nitrogen and oxygen atoms in total. The summed E-state index contributed by atoms with van der Waals surface area (Å²) in [4.78, 5) is 27.3. The summed E-state index contributed by atoms with van der Waals surface area (Å²) in [7, 11) is 0. The van der Waals surface area contributed by atoms with Gasteiger partial charge in [-0.1, -0.05) is 31.0 Å². The lowest BCUT2D eigenvalue weighted by molar-refractivity contribution is -0.140. The van der Waals surface area contributed by atoms with Crippen molar-refractivity contribution in [3.63, 3.8) is 0 Å². The minimum absolute atomic E-state index is 0.161. The van der Waals surface area contributed by atoms with Crippen LogP contribution in [0.15, 0.2) is 30.3 Å². The van der Waals surface area contributed by atoms with E-state index in [4.69, 9.17) is 0 Å². The van der Waals surface area contributed by atoms with Crippen molar-refractivity contribution in [1.29, 1.82) is 0 Å². The summed E-state index contributed by atoms with van der Waals surface area (Å²) >= 11 is 0. The lowest BCUT2D eigenvalue weighted by Crippen LogP contribution is -2.37. The van der Waals surface area contributed by atoms with Crippen LogP contribution in [0.1, 0.15) is 59.9 Å². The highest BCUT2D eigenvalue weighted by Crippen LogP contribution is 2.33. The molecular weight excluding hydrogens is 448 g/mol. The molecule has 182 valence electrons. The fourth-order valence-corrected chi connectivity index (χ4v) is 5.02. The molecule has 2 aromatic rings. The van der Waals surface area contributed by atoms with Gasteiger partial charge in [0.2, 0.25) is 11.8 Å². The molecule has 2 aliphatic rings. The van der Waals surface area contributed by atoms with Crippen molar-refractivity contribution in [3.8, 4) is 0 Å². The average Bonchev–Trinajstić information content (AvgIpc) is 3.27. The summed E-state index contributed by atoms with van der Waals surface area (Å²) in [6.45, 7) is 2.94. The third-order valence-electron chi connectivity index (χ3n) is 6.87. The Bertz CT molecular complexity index is 1090. The third kappa shape index (κ3) is 5.42. The zero-order valence-corrected chi connectivity index (χ0v) is 19.1. The first-order chi connectivity index (χ1) is 16.1. The molecule has 1 heterocycles. The monoisotopic (exact) mass is 476 g/mol. The van der Waals surface area contributed by atoms with Crippen molar-refractivity contribution < 1.29 is 27.2 Å². The van der Waals surface area contributed by atoms with Crippen LogP contribution in [-0.2, 0) is 35.2 Å². The van der Waals surface area contributed by atoms with E-state index in [2.05, 4.69) is 5.32 Å². The second kappa shape index (κ2) is 9.76. The molecule has 2 amide bonds. The Hall–Kier alpha value is -2.90. The van der Waals surface area contributed by atoms with Gasteiger partial charge in [-0.15, -0.1) is 0 Å². The minimum atomic E-state index is -4.78. The Morgan fingerprint density at radius 3 is 2.53 bits per heavy atom. The van der Waals surface area contributed by atoms with E-state index in [0.717, 1.165) is 41.7 Å². The summed E-state index contributed by atoms with van der Waals surface area (Å²) < 4.78 is 52.2. The van der Waals surface area contributed by atoms with E-state index >= 15 is 0 Å². The van der Waals surface area contributed by atoms with Crippen molar-refractivity contribution in [3.05, 3.63) is 64.0 Å². The first kappa shape index (κ1) is 24.2. The number of anilines is 1. The van der Waals surface area contributed by atoms with Gasteiger partial charge in [0.05, 0.1) is 12.0 Å². The molecule has 1 aliphatic heterocycles. The zero-order valence-electron chi connectivity index (χ0n) is 19.1. The van der Waals surface area contributed by atoms with Crippen LogP contribution in [0, 0.1) is 18.7 Å². The van der Waals surface area contributed by atoms with Crippen molar-refractivity contribution >= 4 is 17.5 Å². The van der Waals surface area contributed by atoms with Gasteiger partial charge < -0.3 is 10.2 Å². The molecule has 4 rings (SSSR count). The van der Waals surface area contributed by atoms with E-state index in [1.807, 2.05) is 24.0 Å². The summed E-state index contributed by atoms with van der Waals surface area (Å²) in [6.07, 6.45) is 0.807. The van der Waals surface area contributed by atoms with Gasteiger partial charge in [0.1, 0.15) is 5.82 Å². The third-order valence-corrected chi connectivity index (χ3v) is 6.87. The van der Waals surface area contributed by atoms with Crippen molar-refractivity contribution in [2.45, 2.75) is 64.6 Å². The highest BCUT2D eigenvalue weighted by molar-refractivity contribution is 5.94. The molecule has 0 aromatic heterocycles. The number of hydrogen-bond donors (Lipinski definition) is 1. The molecule has 34 heavy (non-hydrogen) atoms. The van der Waals surface area contributed by atoms with Crippen LogP contribution in [0.2, 0.25) is 0 Å². The Labute approximate surface area is 196 Å². The van der Waals surface area contributed by atoms with Crippen LogP contribution >= 0.6 is 0 Å². The van der Waals surface area contributed by atoms with E-state index in [-0.39, 0.29) is 17.9 Å². The number of amides is 2. The molecule has 8 heteroatoms. The Morgan fingerprint density at radius 1 is 1.12 bits per heavy atom. The highest BCUT2D eigenvalue weighted by atomic mass is 19.4. The smallest absolute Gasteiger partial charge is 0.338 e. The standard InChI is InChI=1S/C26H28F4N2O2/c1-16-6-8-19-15-32(24(34)14-17-4-2-3-5-17)11-10-20(19)25(16)31-23(33)13-18-7-9-21(22(27)12-18)26(28,29)30/h6-9,12,17H,2-5,10-11,13-15H2,1H3,(H,31,33). The van der Waals surface area contributed by atoms with Crippen molar-refractivity contribution in [2.75, 3.05) is 11.9 Å². The van der Waals surface area contributed by atoms with Crippen LogP contribution in [0.3, 0.4) is 0 Å². The number of carbonyl (C=O) groups excluding carboxylic acids is 2. The summed E-state index contributed by atoms with van der Waals surface area (Å²) in [5, 5.41) is 2.87. The van der Waals surface area contributed by atoms with Gasteiger partial charge in [0.15, 0.2) is 0 Å². The number of hydrogen-bond acceptors (Lipinski definition) is 2. The topological polar surface area (TPSA) is 49.4 Å². The number of halogens is 4. The molecule has 0 unspecified atom stereocenters. The summed E-state index contributed by atoms with van der Waals surface area (Å²) in [5.41, 5.74) is 2.28. The first-order valence-electron chi connectivity index (χ1n) is 11.7. The maximum Gasteiger partial charge on any atom is 0.419 e. The van der Waals surface area contributed by atoms with Gasteiger partial charge in [-0.2, -0.15) is 13.2 Å². The highest BCUT2D eigenvalue weighted by Gasteiger charge is 2.34. The summed E-state index contributed by atoms with van der Waals surface area (Å²) in [6, 6.07) is 6.39. The number of carbonyl (C=O) groups is 2. The van der Waals surface area contributed by atoms with E-state index in [9.17, 15) is 27.2 Å². The minimum Gasteiger partial charge on any atom is -0.338 e. The fourth-order valence-electron chi connectivity index (χ4n) is 5.02. The second-order valence-corrected chi connectivity index (χ2v) is 9.35. The van der Waals surface area contributed by atoms with E-state index < -0.39 is 23.5 Å². The van der Waals surface area contributed by atoms with E-state index in [0.29, 0.717) is 43.6 Å². The molecule has 1 aliphatic carbocycles. The maximum atomic E-state index is 13.9. The maximum absolute atomic E-state index is 13.9. The zero-order chi connectivity index (χ0) is 24.5. The number of fused-ring (bicyclic) bond motifs is 1. The first-order valence-corrected chi connectivity index (χ1v) is 11.7. The predicted molar refractivity (Wildman–Crippen MR) is 121 cm³/mol. The summed E-state index contributed by atoms with van der Waals surface area (Å²) in [5.74, 6) is -1.17. The Morgan fingerprint density at radius 2 is 1.85 bits per heavy atom. The molecule has 0 saturated heterocycles. The lowest BCUT2D eigenvalue weighted by Gasteiger charge is -2.31. The SMILES string of the molecule is Cc1ccc2c(c1NC(=O)Cc1ccc(C(F)(F)F)c(F)c1)CCN(C(=O)CC1CCCC1)C2. The fraction of sp³-hybridized carbons (Fsp3) is 0.462. The number of nitrogens with one attached hydrogen (secondary N) is 1. The van der Waals surface area contributed by atoms with Gasteiger partial charge in [-0.25, -0.2) is 4.39 Å². The van der Waals surface area contributed by atoms with Gasteiger partial charge in [0, 0.05) is 25.2 Å². The Balaban J connectivity index is 1.44. The molecular formula is C26H28F4N2O2. The quantitative estimate of drug-likeness (QED) is 0.555. The van der Waals surface area contributed by atoms with E-state index in [1.165, 1.54) is 12.8 Å². The van der Waals surface area contributed by atoms with Crippen LogP contribution in [0.25, 0.3) is 0 Å². The molecule has 0 spiro atoms. The van der Waals surface area contributed by atoms with Crippen LogP contribution in [0.4, 0.5) is 23.2 Å². The van der Waals surface area contributed by atoms with E-state index in [1.54, 1.807) is 0 Å². The average molecular weight is 477 g/mol. The number of alkyl halides is 3. The van der Waals surface area contributed by atoms with Crippen molar-refractivity contribution in [1.82, 2.24) is 4.90 Å². The molecule has 0 radical (unpaired) electrons. The normalized spacial score (nSPS) is 16.4. The number of aryl methyl sites for hydroxylation is 1. The van der Waals surface area contributed by atoms with Crippen LogP contribution in [0.5, 0.6) is 0 Å². The molecule has 1 fully saturated rings. The van der Waals surface area contributed by atoms with Gasteiger partial charge in [-0.3, -0.25) is 9.59 Å². The van der Waals surface area contributed by atoms with Crippen LogP contribution < -0.4 is 5.32 Å². The molecule has 1 N–H and O–H groups in total. The van der Waals surface area contributed by atoms with Gasteiger partial charge in [0.25, 0.3) is 0 Å². The second-order valence-electron chi connectivity index (χ2n) is 9.35. The largest absolute Gasteiger partial charge is 0.419 e. The van der Waals surface area contributed by atoms with Gasteiger partial charge >= 0.3 is 6.18 Å². The van der Waals surface area contributed by atoms with Crippen molar-refractivity contribution in [2.24, 2.45) is 5.92 Å². The Kier molecular flexibility index (Phi) is 6.96.